The standard InChI is InChI=1S/C21H26N2O2S/c1-2-18-8-9-19(26-18)14-23(17-6-4-3-5-7-17)21(24)25-20-15-22-12-10-16(20)11-13-22/h3-9,16,20H,2,10-15H2,1H3/t20-/m0/s1. The lowest BCUT2D eigenvalue weighted by atomic mass is 9.86. The molecular weight excluding hydrogens is 344 g/mol. The molecule has 1 amide bonds. The molecule has 4 heterocycles. The molecule has 3 aliphatic heterocycles. The molecule has 0 N–H and O–H groups in total. The molecule has 5 heteroatoms. The molecular formula is C21H26N2O2S. The molecule has 0 aliphatic carbocycles. The van der Waals surface area contributed by atoms with E-state index in [1.165, 1.54) is 9.75 Å². The zero-order chi connectivity index (χ0) is 17.9. The summed E-state index contributed by atoms with van der Waals surface area (Å²) in [7, 11) is 0. The summed E-state index contributed by atoms with van der Waals surface area (Å²) in [6, 6.07) is 14.1. The second-order valence-electron chi connectivity index (χ2n) is 7.20. The highest BCUT2D eigenvalue weighted by Gasteiger charge is 2.37. The molecule has 4 nitrogen and oxygen atoms in total. The summed E-state index contributed by atoms with van der Waals surface area (Å²) in [6.07, 6.45) is 3.13. The van der Waals surface area contributed by atoms with Crippen molar-refractivity contribution in [2.45, 2.75) is 38.8 Å². The Morgan fingerprint density at radius 2 is 1.88 bits per heavy atom. The minimum absolute atomic E-state index is 0.0331. The van der Waals surface area contributed by atoms with Crippen molar-refractivity contribution in [2.24, 2.45) is 5.92 Å². The van der Waals surface area contributed by atoms with E-state index in [1.807, 2.05) is 30.3 Å². The first-order valence-electron chi connectivity index (χ1n) is 9.56. The number of aryl methyl sites for hydroxylation is 1. The lowest BCUT2D eigenvalue weighted by Crippen LogP contribution is -2.53. The number of benzene rings is 1. The number of carbonyl (C=O) groups excluding carboxylic acids is 1. The third-order valence-electron chi connectivity index (χ3n) is 5.52. The molecule has 26 heavy (non-hydrogen) atoms. The normalized spacial score (nSPS) is 24.4. The third kappa shape index (κ3) is 3.79. The van der Waals surface area contributed by atoms with E-state index in [2.05, 4.69) is 24.0 Å². The number of para-hydroxylation sites is 1. The Morgan fingerprint density at radius 3 is 2.50 bits per heavy atom. The zero-order valence-electron chi connectivity index (χ0n) is 15.3. The van der Waals surface area contributed by atoms with E-state index in [0.29, 0.717) is 12.5 Å². The van der Waals surface area contributed by atoms with E-state index in [4.69, 9.17) is 4.74 Å². The molecule has 0 radical (unpaired) electrons. The van der Waals surface area contributed by atoms with Crippen LogP contribution in [-0.4, -0.2) is 36.7 Å². The molecule has 0 saturated carbocycles. The van der Waals surface area contributed by atoms with Crippen LogP contribution >= 0.6 is 11.3 Å². The number of hydrogen-bond acceptors (Lipinski definition) is 4. The van der Waals surface area contributed by atoms with Gasteiger partial charge in [0, 0.05) is 22.0 Å². The van der Waals surface area contributed by atoms with E-state index in [0.717, 1.165) is 44.6 Å². The Labute approximate surface area is 159 Å². The van der Waals surface area contributed by atoms with Crippen LogP contribution in [0.25, 0.3) is 0 Å². The van der Waals surface area contributed by atoms with E-state index in [1.54, 1.807) is 16.2 Å². The molecule has 1 aromatic carbocycles. The summed E-state index contributed by atoms with van der Waals surface area (Å²) in [6.45, 7) is 5.91. The van der Waals surface area contributed by atoms with Gasteiger partial charge in [-0.3, -0.25) is 9.80 Å². The fraction of sp³-hybridized carbons (Fsp3) is 0.476. The van der Waals surface area contributed by atoms with Crippen LogP contribution in [-0.2, 0) is 17.7 Å². The van der Waals surface area contributed by atoms with Crippen molar-refractivity contribution in [3.63, 3.8) is 0 Å². The Bertz CT molecular complexity index is 737. The Hall–Kier alpha value is -1.85. The second-order valence-corrected chi connectivity index (χ2v) is 8.46. The summed E-state index contributed by atoms with van der Waals surface area (Å²) >= 11 is 1.77. The molecule has 2 bridgehead atoms. The fourth-order valence-electron chi connectivity index (χ4n) is 3.96. The van der Waals surface area contributed by atoms with Crippen LogP contribution in [0.2, 0.25) is 0 Å². The number of amides is 1. The van der Waals surface area contributed by atoms with Gasteiger partial charge in [0.2, 0.25) is 0 Å². The molecule has 5 rings (SSSR count). The summed E-state index contributed by atoms with van der Waals surface area (Å²) in [4.78, 5) is 19.8. The van der Waals surface area contributed by atoms with Gasteiger partial charge in [-0.1, -0.05) is 25.1 Å². The highest BCUT2D eigenvalue weighted by molar-refractivity contribution is 7.12. The van der Waals surface area contributed by atoms with E-state index >= 15 is 0 Å². The van der Waals surface area contributed by atoms with Crippen LogP contribution in [0.4, 0.5) is 10.5 Å². The molecule has 1 aromatic heterocycles. The quantitative estimate of drug-likeness (QED) is 0.774. The lowest BCUT2D eigenvalue weighted by Gasteiger charge is -2.44. The Kier molecular flexibility index (Phi) is 5.27. The van der Waals surface area contributed by atoms with Crippen LogP contribution in [0.5, 0.6) is 0 Å². The first-order chi connectivity index (χ1) is 12.7. The van der Waals surface area contributed by atoms with Gasteiger partial charge in [0.05, 0.1) is 6.54 Å². The Morgan fingerprint density at radius 1 is 1.15 bits per heavy atom. The maximum atomic E-state index is 13.1. The molecule has 2 aromatic rings. The van der Waals surface area contributed by atoms with Gasteiger partial charge < -0.3 is 4.74 Å². The molecule has 0 unspecified atom stereocenters. The largest absolute Gasteiger partial charge is 0.444 e. The van der Waals surface area contributed by atoms with Gasteiger partial charge in [-0.25, -0.2) is 4.79 Å². The van der Waals surface area contributed by atoms with Gasteiger partial charge >= 0.3 is 6.09 Å². The predicted molar refractivity (Wildman–Crippen MR) is 106 cm³/mol. The number of rotatable bonds is 5. The fourth-order valence-corrected chi connectivity index (χ4v) is 4.91. The smallest absolute Gasteiger partial charge is 0.414 e. The second kappa shape index (κ2) is 7.80. The van der Waals surface area contributed by atoms with Gasteiger partial charge in [0.1, 0.15) is 6.10 Å². The number of ether oxygens (including phenoxy) is 1. The summed E-state index contributed by atoms with van der Waals surface area (Å²) in [5.41, 5.74) is 0.894. The highest BCUT2D eigenvalue weighted by atomic mass is 32.1. The highest BCUT2D eigenvalue weighted by Crippen LogP contribution is 2.31. The molecule has 3 fully saturated rings. The summed E-state index contributed by atoms with van der Waals surface area (Å²) < 4.78 is 6.00. The minimum atomic E-state index is -0.221. The molecule has 3 saturated heterocycles. The molecule has 3 aliphatic rings. The topological polar surface area (TPSA) is 32.8 Å². The number of anilines is 1. The van der Waals surface area contributed by atoms with Gasteiger partial charge in [-0.2, -0.15) is 0 Å². The van der Waals surface area contributed by atoms with Gasteiger partial charge in [-0.15, -0.1) is 11.3 Å². The van der Waals surface area contributed by atoms with Crippen molar-refractivity contribution in [1.29, 1.82) is 0 Å². The first kappa shape index (κ1) is 17.6. The average Bonchev–Trinajstić information content (AvgIpc) is 3.15. The van der Waals surface area contributed by atoms with Gasteiger partial charge in [-0.05, 0) is 62.5 Å². The number of carbonyl (C=O) groups is 1. The van der Waals surface area contributed by atoms with Crippen molar-refractivity contribution in [3.05, 3.63) is 52.2 Å². The maximum absolute atomic E-state index is 13.1. The van der Waals surface area contributed by atoms with Crippen molar-refractivity contribution in [2.75, 3.05) is 24.5 Å². The van der Waals surface area contributed by atoms with Crippen LogP contribution in [0, 0.1) is 5.92 Å². The average molecular weight is 371 g/mol. The van der Waals surface area contributed by atoms with Gasteiger partial charge in [0.15, 0.2) is 0 Å². The zero-order valence-corrected chi connectivity index (χ0v) is 16.1. The van der Waals surface area contributed by atoms with Crippen LogP contribution in [0.15, 0.2) is 42.5 Å². The van der Waals surface area contributed by atoms with Crippen molar-refractivity contribution in [1.82, 2.24) is 4.90 Å². The van der Waals surface area contributed by atoms with Crippen LogP contribution < -0.4 is 4.90 Å². The maximum Gasteiger partial charge on any atom is 0.414 e. The molecule has 1 atom stereocenters. The summed E-state index contributed by atoms with van der Waals surface area (Å²) in [5.74, 6) is 0.523. The number of hydrogen-bond donors (Lipinski definition) is 0. The number of thiophene rings is 1. The number of nitrogens with zero attached hydrogens (tertiary/aromatic N) is 2. The SMILES string of the molecule is CCc1ccc(CN(C(=O)O[C@H]2CN3CCC2CC3)c2ccccc2)s1. The van der Waals surface area contributed by atoms with Gasteiger partial charge in [0.25, 0.3) is 0 Å². The number of piperidine rings is 3. The van der Waals surface area contributed by atoms with Crippen molar-refractivity contribution >= 4 is 23.1 Å². The van der Waals surface area contributed by atoms with Crippen LogP contribution in [0.3, 0.4) is 0 Å². The lowest BCUT2D eigenvalue weighted by molar-refractivity contribution is -0.0311. The monoisotopic (exact) mass is 370 g/mol. The first-order valence-corrected chi connectivity index (χ1v) is 10.4. The molecule has 138 valence electrons. The van der Waals surface area contributed by atoms with Crippen molar-refractivity contribution in [3.8, 4) is 0 Å². The van der Waals surface area contributed by atoms with E-state index in [-0.39, 0.29) is 12.2 Å². The molecule has 0 spiro atoms. The van der Waals surface area contributed by atoms with Crippen molar-refractivity contribution < 1.29 is 9.53 Å². The number of fused-ring (bicyclic) bond motifs is 3. The summed E-state index contributed by atoms with van der Waals surface area (Å²) in [5, 5.41) is 0. The third-order valence-corrected chi connectivity index (χ3v) is 6.73. The minimum Gasteiger partial charge on any atom is -0.444 e. The van der Waals surface area contributed by atoms with E-state index < -0.39 is 0 Å². The Balaban J connectivity index is 1.51. The van der Waals surface area contributed by atoms with Crippen LogP contribution in [0.1, 0.15) is 29.5 Å². The predicted octanol–water partition coefficient (Wildman–Crippen LogP) is 4.55. The van der Waals surface area contributed by atoms with E-state index in [9.17, 15) is 4.79 Å².